The van der Waals surface area contributed by atoms with Gasteiger partial charge in [-0.15, -0.1) is 0 Å². The van der Waals surface area contributed by atoms with E-state index in [0.717, 1.165) is 11.3 Å². The lowest BCUT2D eigenvalue weighted by Crippen LogP contribution is -2.34. The maximum absolute atomic E-state index is 11.4. The van der Waals surface area contributed by atoms with Crippen LogP contribution in [0.5, 0.6) is 0 Å². The Hall–Kier alpha value is -1.84. The molecule has 0 aromatic heterocycles. The minimum atomic E-state index is -0.294. The molecule has 0 bridgehead atoms. The van der Waals surface area contributed by atoms with Crippen LogP contribution in [0.2, 0.25) is 0 Å². The van der Waals surface area contributed by atoms with Gasteiger partial charge in [0.05, 0.1) is 6.04 Å². The van der Waals surface area contributed by atoms with Crippen molar-refractivity contribution in [3.63, 3.8) is 0 Å². The molecular formula is C12H17N3O. The van der Waals surface area contributed by atoms with E-state index < -0.39 is 0 Å². The van der Waals surface area contributed by atoms with Crippen LogP contribution >= 0.6 is 0 Å². The highest BCUT2D eigenvalue weighted by molar-refractivity contribution is 5.81. The first kappa shape index (κ1) is 12.2. The molecule has 0 radical (unpaired) electrons. The molecule has 0 spiro atoms. The van der Waals surface area contributed by atoms with Crippen molar-refractivity contribution in [1.29, 1.82) is 0 Å². The largest absolute Gasteiger partial charge is 0.335 e. The molecule has 0 heterocycles. The van der Waals surface area contributed by atoms with Crippen molar-refractivity contribution in [3.05, 3.63) is 35.9 Å². The Kier molecular flexibility index (Phi) is 4.51. The number of carbonyl (C=O) groups excluding carboxylic acids is 1. The van der Waals surface area contributed by atoms with Gasteiger partial charge < -0.3 is 5.32 Å². The van der Waals surface area contributed by atoms with Crippen LogP contribution in [-0.2, 0) is 0 Å². The summed E-state index contributed by atoms with van der Waals surface area (Å²) in [6.45, 7) is 5.57. The van der Waals surface area contributed by atoms with E-state index in [9.17, 15) is 4.79 Å². The first-order chi connectivity index (χ1) is 7.59. The van der Waals surface area contributed by atoms with Crippen LogP contribution in [0, 0.1) is 0 Å². The number of hydrazone groups is 1. The summed E-state index contributed by atoms with van der Waals surface area (Å²) in [6, 6.07) is 9.45. The zero-order valence-electron chi connectivity index (χ0n) is 9.82. The SMILES string of the molecule is CC(C)=NNC(=O)N[C@@H](C)c1ccccc1. The molecule has 1 rings (SSSR count). The molecule has 0 aliphatic rings. The van der Waals surface area contributed by atoms with E-state index in [1.54, 1.807) is 0 Å². The Balaban J connectivity index is 2.49. The lowest BCUT2D eigenvalue weighted by Gasteiger charge is -2.13. The van der Waals surface area contributed by atoms with Crippen molar-refractivity contribution < 1.29 is 4.79 Å². The number of rotatable bonds is 3. The van der Waals surface area contributed by atoms with Crippen LogP contribution in [0.3, 0.4) is 0 Å². The van der Waals surface area contributed by atoms with E-state index in [-0.39, 0.29) is 12.1 Å². The van der Waals surface area contributed by atoms with Crippen molar-refractivity contribution in [2.75, 3.05) is 0 Å². The van der Waals surface area contributed by atoms with E-state index >= 15 is 0 Å². The van der Waals surface area contributed by atoms with Crippen molar-refractivity contribution >= 4 is 11.7 Å². The van der Waals surface area contributed by atoms with Crippen molar-refractivity contribution in [2.24, 2.45) is 5.10 Å². The predicted molar refractivity (Wildman–Crippen MR) is 65.3 cm³/mol. The number of nitrogens with zero attached hydrogens (tertiary/aromatic N) is 1. The van der Waals surface area contributed by atoms with Crippen molar-refractivity contribution in [3.8, 4) is 0 Å². The molecule has 1 aromatic carbocycles. The van der Waals surface area contributed by atoms with Crippen LogP contribution < -0.4 is 10.7 Å². The summed E-state index contributed by atoms with van der Waals surface area (Å²) in [4.78, 5) is 11.4. The summed E-state index contributed by atoms with van der Waals surface area (Å²) in [6.07, 6.45) is 0. The van der Waals surface area contributed by atoms with Gasteiger partial charge in [-0.2, -0.15) is 5.10 Å². The average molecular weight is 219 g/mol. The zero-order chi connectivity index (χ0) is 12.0. The molecule has 0 fully saturated rings. The Bertz CT molecular complexity index is 369. The lowest BCUT2D eigenvalue weighted by molar-refractivity contribution is 0.238. The van der Waals surface area contributed by atoms with E-state index in [2.05, 4.69) is 15.8 Å². The number of hydrogen-bond acceptors (Lipinski definition) is 2. The highest BCUT2D eigenvalue weighted by atomic mass is 16.2. The second kappa shape index (κ2) is 5.90. The van der Waals surface area contributed by atoms with Gasteiger partial charge in [-0.25, -0.2) is 10.2 Å². The van der Waals surface area contributed by atoms with E-state index in [4.69, 9.17) is 0 Å². The number of benzene rings is 1. The van der Waals surface area contributed by atoms with Crippen LogP contribution in [0.15, 0.2) is 35.4 Å². The van der Waals surface area contributed by atoms with Gasteiger partial charge in [0.2, 0.25) is 0 Å². The molecule has 1 aromatic rings. The molecule has 0 saturated heterocycles. The van der Waals surface area contributed by atoms with Crippen LogP contribution in [-0.4, -0.2) is 11.7 Å². The van der Waals surface area contributed by atoms with Gasteiger partial charge in [0.25, 0.3) is 0 Å². The minimum Gasteiger partial charge on any atom is -0.330 e. The fraction of sp³-hybridized carbons (Fsp3) is 0.333. The normalized spacial score (nSPS) is 11.4. The molecule has 4 heteroatoms. The van der Waals surface area contributed by atoms with E-state index in [0.29, 0.717) is 0 Å². The molecule has 2 N–H and O–H groups in total. The van der Waals surface area contributed by atoms with Crippen molar-refractivity contribution in [1.82, 2.24) is 10.7 Å². The number of nitrogens with one attached hydrogen (secondary N) is 2. The summed E-state index contributed by atoms with van der Waals surface area (Å²) >= 11 is 0. The fourth-order valence-electron chi connectivity index (χ4n) is 1.22. The molecule has 0 aliphatic carbocycles. The minimum absolute atomic E-state index is 0.0337. The molecule has 0 saturated carbocycles. The maximum atomic E-state index is 11.4. The molecule has 4 nitrogen and oxygen atoms in total. The van der Waals surface area contributed by atoms with Crippen LogP contribution in [0.4, 0.5) is 4.79 Å². The molecule has 16 heavy (non-hydrogen) atoms. The average Bonchev–Trinajstić information content (AvgIpc) is 2.27. The first-order valence-corrected chi connectivity index (χ1v) is 5.22. The van der Waals surface area contributed by atoms with Crippen LogP contribution in [0.25, 0.3) is 0 Å². The highest BCUT2D eigenvalue weighted by Gasteiger charge is 2.07. The second-order valence-corrected chi connectivity index (χ2v) is 3.78. The summed E-state index contributed by atoms with van der Waals surface area (Å²) in [5, 5.41) is 6.62. The van der Waals surface area contributed by atoms with Gasteiger partial charge in [0.1, 0.15) is 0 Å². The van der Waals surface area contributed by atoms with Crippen molar-refractivity contribution in [2.45, 2.75) is 26.8 Å². The third-order valence-electron chi connectivity index (χ3n) is 2.03. The molecule has 2 amide bonds. The van der Waals surface area contributed by atoms with E-state index in [1.807, 2.05) is 51.1 Å². The van der Waals surface area contributed by atoms with Gasteiger partial charge in [0.15, 0.2) is 0 Å². The van der Waals surface area contributed by atoms with Gasteiger partial charge >= 0.3 is 6.03 Å². The number of amides is 2. The zero-order valence-corrected chi connectivity index (χ0v) is 9.82. The topological polar surface area (TPSA) is 53.5 Å². The Morgan fingerprint density at radius 2 is 1.88 bits per heavy atom. The standard InChI is InChI=1S/C12H17N3O/c1-9(2)14-15-12(16)13-10(3)11-7-5-4-6-8-11/h4-8,10H,1-3H3,(H2,13,15,16)/t10-/m0/s1. The predicted octanol–water partition coefficient (Wildman–Crippen LogP) is 2.44. The first-order valence-electron chi connectivity index (χ1n) is 5.22. The molecule has 86 valence electrons. The Labute approximate surface area is 95.7 Å². The summed E-state index contributed by atoms with van der Waals surface area (Å²) in [5.41, 5.74) is 4.29. The highest BCUT2D eigenvalue weighted by Crippen LogP contribution is 2.10. The summed E-state index contributed by atoms with van der Waals surface area (Å²) < 4.78 is 0. The van der Waals surface area contributed by atoms with Crippen LogP contribution in [0.1, 0.15) is 32.4 Å². The molecule has 1 atom stereocenters. The van der Waals surface area contributed by atoms with Gasteiger partial charge in [-0.3, -0.25) is 0 Å². The fourth-order valence-corrected chi connectivity index (χ4v) is 1.22. The third kappa shape index (κ3) is 4.13. The summed E-state index contributed by atoms with van der Waals surface area (Å²) in [5.74, 6) is 0. The monoisotopic (exact) mass is 219 g/mol. The molecule has 0 aliphatic heterocycles. The summed E-state index contributed by atoms with van der Waals surface area (Å²) in [7, 11) is 0. The molecular weight excluding hydrogens is 202 g/mol. The maximum Gasteiger partial charge on any atom is 0.335 e. The van der Waals surface area contributed by atoms with Gasteiger partial charge in [-0.1, -0.05) is 30.3 Å². The number of carbonyl (C=O) groups is 1. The quantitative estimate of drug-likeness (QED) is 0.595. The Morgan fingerprint density at radius 1 is 1.25 bits per heavy atom. The van der Waals surface area contributed by atoms with E-state index in [1.165, 1.54) is 0 Å². The number of urea groups is 1. The smallest absolute Gasteiger partial charge is 0.330 e. The second-order valence-electron chi connectivity index (χ2n) is 3.78. The molecule has 0 unspecified atom stereocenters. The van der Waals surface area contributed by atoms with Gasteiger partial charge in [-0.05, 0) is 26.3 Å². The Morgan fingerprint density at radius 3 is 2.44 bits per heavy atom. The lowest BCUT2D eigenvalue weighted by atomic mass is 10.1. The number of hydrogen-bond donors (Lipinski definition) is 2. The van der Waals surface area contributed by atoms with Gasteiger partial charge in [0, 0.05) is 5.71 Å². The third-order valence-corrected chi connectivity index (χ3v) is 2.03.